The number of hydrogen-bond acceptors (Lipinski definition) is 4. The molecule has 2 aromatic carbocycles. The highest BCUT2D eigenvalue weighted by molar-refractivity contribution is 5.78. The molecule has 0 aliphatic rings. The van der Waals surface area contributed by atoms with Crippen LogP contribution in [0.2, 0.25) is 0 Å². The average molecular weight is 515 g/mol. The van der Waals surface area contributed by atoms with Crippen molar-refractivity contribution in [1.29, 1.82) is 0 Å². The predicted molar refractivity (Wildman–Crippen MR) is 142 cm³/mol. The molecule has 1 atom stereocenters. The second-order valence-corrected chi connectivity index (χ2v) is 9.72. The minimum Gasteiger partial charge on any atom is -0.496 e. The third-order valence-electron chi connectivity index (χ3n) is 6.49. The molecule has 0 aliphatic carbocycles. The van der Waals surface area contributed by atoms with Crippen LogP contribution in [0.4, 0.5) is 13.2 Å². The van der Waals surface area contributed by atoms with Crippen molar-refractivity contribution < 1.29 is 23.0 Å². The molecule has 8 heteroatoms. The number of hydrogen-bond donors (Lipinski definition) is 2. The molecule has 5 nitrogen and oxygen atoms in total. The van der Waals surface area contributed by atoms with E-state index in [1.165, 1.54) is 23.9 Å². The molecule has 37 heavy (non-hydrogen) atoms. The summed E-state index contributed by atoms with van der Waals surface area (Å²) in [4.78, 5) is 12.2. The second-order valence-electron chi connectivity index (χ2n) is 9.72. The highest BCUT2D eigenvalue weighted by Gasteiger charge is 2.56. The van der Waals surface area contributed by atoms with Crippen LogP contribution in [0.15, 0.2) is 77.9 Å². The third-order valence-corrected chi connectivity index (χ3v) is 6.49. The number of fused-ring (bicyclic) bond motifs is 1. The number of alkyl halides is 3. The van der Waals surface area contributed by atoms with Gasteiger partial charge in [-0.15, -0.1) is 0 Å². The second kappa shape index (κ2) is 10.8. The molecule has 1 heterocycles. The first-order chi connectivity index (χ1) is 17.4. The number of aromatic nitrogens is 1. The molecule has 0 saturated heterocycles. The van der Waals surface area contributed by atoms with Crippen LogP contribution in [-0.4, -0.2) is 35.6 Å². The average Bonchev–Trinajstić information content (AvgIpc) is 2.84. The molecule has 1 aromatic heterocycles. The predicted octanol–water partition coefficient (Wildman–Crippen LogP) is 5.81. The maximum absolute atomic E-state index is 14.5. The molecular formula is C29H33F3N2O3. The molecule has 3 aromatic rings. The van der Waals surface area contributed by atoms with E-state index in [2.05, 4.69) is 5.32 Å². The fraction of sp³-hybridized carbons (Fsp3) is 0.345. The SMILES string of the molecule is C/C=C\C(=C/NC)c1ccc(OC)c(C(C)(C)CC(O)(Cn2ccc(=O)c3ccccc32)C(F)(F)F)c1. The van der Waals surface area contributed by atoms with Crippen LogP contribution in [0.25, 0.3) is 16.5 Å². The van der Waals surface area contributed by atoms with Gasteiger partial charge in [0.2, 0.25) is 0 Å². The van der Waals surface area contributed by atoms with Gasteiger partial charge in [-0.1, -0.05) is 44.2 Å². The molecule has 0 bridgehead atoms. The highest BCUT2D eigenvalue weighted by atomic mass is 19.4. The number of allylic oxidation sites excluding steroid dienone is 3. The topological polar surface area (TPSA) is 63.5 Å². The summed E-state index contributed by atoms with van der Waals surface area (Å²) in [7, 11) is 3.23. The normalized spacial score (nSPS) is 14.7. The fourth-order valence-corrected chi connectivity index (χ4v) is 4.73. The summed E-state index contributed by atoms with van der Waals surface area (Å²) in [6.45, 7) is 4.42. The van der Waals surface area contributed by atoms with E-state index in [0.29, 0.717) is 16.8 Å². The molecule has 0 fully saturated rings. The number of halogens is 3. The van der Waals surface area contributed by atoms with Gasteiger partial charge in [-0.05, 0) is 54.2 Å². The van der Waals surface area contributed by atoms with E-state index >= 15 is 0 Å². The van der Waals surface area contributed by atoms with Crippen molar-refractivity contribution in [3.8, 4) is 5.75 Å². The van der Waals surface area contributed by atoms with Crippen LogP contribution in [-0.2, 0) is 12.0 Å². The number of benzene rings is 2. The highest BCUT2D eigenvalue weighted by Crippen LogP contribution is 2.45. The molecule has 0 saturated carbocycles. The van der Waals surface area contributed by atoms with E-state index in [-0.39, 0.29) is 10.8 Å². The Morgan fingerprint density at radius 3 is 2.46 bits per heavy atom. The van der Waals surface area contributed by atoms with E-state index < -0.39 is 30.2 Å². The summed E-state index contributed by atoms with van der Waals surface area (Å²) in [6, 6.07) is 13.0. The fourth-order valence-electron chi connectivity index (χ4n) is 4.73. The Labute approximate surface area is 214 Å². The number of methoxy groups -OCH3 is 1. The Morgan fingerprint density at radius 2 is 1.84 bits per heavy atom. The van der Waals surface area contributed by atoms with Crippen molar-refractivity contribution in [1.82, 2.24) is 9.88 Å². The first kappa shape index (κ1) is 28.1. The summed E-state index contributed by atoms with van der Waals surface area (Å²) in [6.07, 6.45) is 1.27. The Bertz CT molecular complexity index is 1370. The van der Waals surface area contributed by atoms with Crippen molar-refractivity contribution >= 4 is 16.5 Å². The van der Waals surface area contributed by atoms with Crippen molar-refractivity contribution in [3.05, 3.63) is 94.4 Å². The summed E-state index contributed by atoms with van der Waals surface area (Å²) in [5, 5.41) is 14.5. The maximum atomic E-state index is 14.5. The lowest BCUT2D eigenvalue weighted by molar-refractivity contribution is -0.271. The number of nitrogens with zero attached hydrogens (tertiary/aromatic N) is 1. The molecular weight excluding hydrogens is 481 g/mol. The van der Waals surface area contributed by atoms with Crippen LogP contribution in [0.3, 0.4) is 0 Å². The number of ether oxygens (including phenoxy) is 1. The smallest absolute Gasteiger partial charge is 0.418 e. The summed E-state index contributed by atoms with van der Waals surface area (Å²) in [5.74, 6) is 0.427. The largest absolute Gasteiger partial charge is 0.496 e. The monoisotopic (exact) mass is 514 g/mol. The lowest BCUT2D eigenvalue weighted by Crippen LogP contribution is -2.52. The third kappa shape index (κ3) is 5.91. The van der Waals surface area contributed by atoms with E-state index in [9.17, 15) is 23.1 Å². The van der Waals surface area contributed by atoms with Crippen LogP contribution in [0.5, 0.6) is 5.75 Å². The first-order valence-electron chi connectivity index (χ1n) is 11.9. The van der Waals surface area contributed by atoms with Crippen LogP contribution in [0.1, 0.15) is 38.3 Å². The molecule has 0 aliphatic heterocycles. The zero-order chi connectivity index (χ0) is 27.4. The maximum Gasteiger partial charge on any atom is 0.418 e. The Morgan fingerprint density at radius 1 is 1.14 bits per heavy atom. The zero-order valence-electron chi connectivity index (χ0n) is 21.7. The lowest BCUT2D eigenvalue weighted by atomic mass is 9.73. The van der Waals surface area contributed by atoms with Gasteiger partial charge < -0.3 is 19.7 Å². The van der Waals surface area contributed by atoms with Gasteiger partial charge in [0.25, 0.3) is 0 Å². The number of nitrogens with one attached hydrogen (secondary N) is 1. The summed E-state index contributed by atoms with van der Waals surface area (Å²) < 4.78 is 50.4. The van der Waals surface area contributed by atoms with Gasteiger partial charge in [0.05, 0.1) is 19.2 Å². The summed E-state index contributed by atoms with van der Waals surface area (Å²) in [5.41, 5.74) is -2.05. The van der Waals surface area contributed by atoms with E-state index in [0.717, 1.165) is 11.1 Å². The number of rotatable bonds is 9. The minimum absolute atomic E-state index is 0.288. The van der Waals surface area contributed by atoms with E-state index in [1.807, 2.05) is 25.1 Å². The van der Waals surface area contributed by atoms with Crippen LogP contribution in [0, 0.1) is 0 Å². The van der Waals surface area contributed by atoms with Crippen LogP contribution < -0.4 is 15.5 Å². The van der Waals surface area contributed by atoms with E-state index in [4.69, 9.17) is 4.74 Å². The molecule has 1 unspecified atom stereocenters. The van der Waals surface area contributed by atoms with Crippen molar-refractivity contribution in [2.45, 2.75) is 50.9 Å². The van der Waals surface area contributed by atoms with Gasteiger partial charge in [0.15, 0.2) is 11.0 Å². The van der Waals surface area contributed by atoms with Crippen molar-refractivity contribution in [3.63, 3.8) is 0 Å². The van der Waals surface area contributed by atoms with Gasteiger partial charge in [-0.25, -0.2) is 0 Å². The van der Waals surface area contributed by atoms with Crippen molar-refractivity contribution in [2.24, 2.45) is 0 Å². The Kier molecular flexibility index (Phi) is 8.22. The summed E-state index contributed by atoms with van der Waals surface area (Å²) >= 11 is 0. The van der Waals surface area contributed by atoms with Gasteiger partial charge in [0.1, 0.15) is 5.75 Å². The molecule has 0 radical (unpaired) electrons. The molecule has 0 spiro atoms. The molecule has 198 valence electrons. The number of aliphatic hydroxyl groups is 1. The first-order valence-corrected chi connectivity index (χ1v) is 11.9. The molecule has 2 N–H and O–H groups in total. The van der Waals surface area contributed by atoms with Gasteiger partial charge >= 0.3 is 6.18 Å². The van der Waals surface area contributed by atoms with Crippen molar-refractivity contribution in [2.75, 3.05) is 14.2 Å². The number of pyridine rings is 1. The lowest BCUT2D eigenvalue weighted by Gasteiger charge is -2.39. The van der Waals surface area contributed by atoms with E-state index in [1.54, 1.807) is 63.5 Å². The standard InChI is InChI=1S/C29H33F3N2O3/c1-6-9-21(17-33-4)20-12-13-26(37-5)23(16-20)27(2,3)18-28(36,29(30,31)32)19-34-15-14-25(35)22-10-7-8-11-24(22)34/h6-17,33,36H,18-19H2,1-5H3/b9-6-,21-17+. The molecule has 0 amide bonds. The Hall–Kier alpha value is -3.52. The van der Waals surface area contributed by atoms with Gasteiger partial charge in [-0.3, -0.25) is 4.79 Å². The number of para-hydroxylation sites is 1. The molecule has 3 rings (SSSR count). The minimum atomic E-state index is -4.94. The van der Waals surface area contributed by atoms with Gasteiger partial charge in [0, 0.05) is 36.5 Å². The quantitative estimate of drug-likeness (QED) is 0.354. The van der Waals surface area contributed by atoms with Gasteiger partial charge in [-0.2, -0.15) is 13.2 Å². The van der Waals surface area contributed by atoms with Crippen LogP contribution >= 0.6 is 0 Å². The zero-order valence-corrected chi connectivity index (χ0v) is 21.7. The Balaban J connectivity index is 2.11.